The smallest absolute Gasteiger partial charge is 0.152 e. The summed E-state index contributed by atoms with van der Waals surface area (Å²) in [4.78, 5) is 7.40. The van der Waals surface area contributed by atoms with Crippen LogP contribution in [0.1, 0.15) is 11.3 Å². The van der Waals surface area contributed by atoms with Gasteiger partial charge in [-0.3, -0.25) is 0 Å². The number of likely N-dealkylation sites (N-methyl/N-ethyl adjacent to an activating group) is 1. The first-order chi connectivity index (χ1) is 14.0. The Morgan fingerprint density at radius 2 is 2.03 bits per heavy atom. The number of methoxy groups -OCH3 is 1. The molecule has 4 aromatic rings. The van der Waals surface area contributed by atoms with Gasteiger partial charge in [-0.1, -0.05) is 6.07 Å². The number of nitrogens with zero attached hydrogens (tertiary/aromatic N) is 4. The summed E-state index contributed by atoms with van der Waals surface area (Å²) in [5, 5.41) is 5.57. The first-order valence-corrected chi connectivity index (χ1v) is 10.2. The summed E-state index contributed by atoms with van der Waals surface area (Å²) in [5.74, 6) is 1.34. The second-order valence-corrected chi connectivity index (χ2v) is 8.36. The largest absolute Gasteiger partial charge is 0.495 e. The summed E-state index contributed by atoms with van der Waals surface area (Å²) >= 11 is 1.68. The predicted octanol–water partition coefficient (Wildman–Crippen LogP) is 3.59. The molecule has 0 saturated heterocycles. The van der Waals surface area contributed by atoms with E-state index in [-0.39, 0.29) is 0 Å². The van der Waals surface area contributed by atoms with Gasteiger partial charge < -0.3 is 20.1 Å². The van der Waals surface area contributed by atoms with Crippen LogP contribution in [0, 0.1) is 6.92 Å². The highest BCUT2D eigenvalue weighted by atomic mass is 32.1. The Morgan fingerprint density at radius 1 is 1.21 bits per heavy atom. The molecule has 0 aliphatic rings. The average molecular weight is 412 g/mol. The molecule has 3 aromatic heterocycles. The lowest BCUT2D eigenvalue weighted by Crippen LogP contribution is -2.18. The van der Waals surface area contributed by atoms with Crippen molar-refractivity contribution in [3.8, 4) is 16.2 Å². The highest BCUT2D eigenvalue weighted by Crippen LogP contribution is 2.42. The van der Waals surface area contributed by atoms with Crippen LogP contribution in [0.2, 0.25) is 0 Å². The molecule has 0 radical (unpaired) electrons. The molecule has 1 aromatic carbocycles. The Hall–Kier alpha value is -2.68. The molecule has 0 aliphatic heterocycles. The lowest BCUT2D eigenvalue weighted by Gasteiger charge is -2.09. The number of nitrogens with two attached hydrogens (primary N) is 1. The van der Waals surface area contributed by atoms with Gasteiger partial charge in [0.1, 0.15) is 17.6 Å². The maximum Gasteiger partial charge on any atom is 0.152 e. The molecule has 7 nitrogen and oxygen atoms in total. The topological polar surface area (TPSA) is 77.9 Å². The van der Waals surface area contributed by atoms with Gasteiger partial charge in [-0.05, 0) is 50.2 Å². The Balaban J connectivity index is 1.78. The molecule has 0 aliphatic carbocycles. The van der Waals surface area contributed by atoms with Gasteiger partial charge in [0.15, 0.2) is 5.82 Å². The zero-order valence-electron chi connectivity index (χ0n) is 17.1. The SMILES string of the molecule is COc1cc(C)cc2cc(-c3cc(COCCN(C)C)n4ncnc(N)c34)sc12. The minimum Gasteiger partial charge on any atom is -0.495 e. The van der Waals surface area contributed by atoms with E-state index in [1.54, 1.807) is 18.4 Å². The number of ether oxygens (including phenoxy) is 2. The summed E-state index contributed by atoms with van der Waals surface area (Å²) in [6.07, 6.45) is 1.48. The van der Waals surface area contributed by atoms with Crippen LogP contribution in [-0.2, 0) is 11.3 Å². The van der Waals surface area contributed by atoms with Gasteiger partial charge in [0.2, 0.25) is 0 Å². The number of fused-ring (bicyclic) bond motifs is 2. The molecule has 152 valence electrons. The molecule has 0 unspecified atom stereocenters. The standard InChI is InChI=1S/C21H25N5O2S/c1-13-7-14-9-18(29-20(14)17(8-13)27-4)16-10-15(11-28-6-5-25(2)3)26-19(16)21(22)23-12-24-26/h7-10,12H,5-6,11H2,1-4H3,(H2,22,23,24). The van der Waals surface area contributed by atoms with Crippen molar-refractivity contribution in [2.45, 2.75) is 13.5 Å². The van der Waals surface area contributed by atoms with Crippen molar-refractivity contribution in [1.29, 1.82) is 0 Å². The molecule has 0 atom stereocenters. The molecule has 3 heterocycles. The van der Waals surface area contributed by atoms with Crippen molar-refractivity contribution in [2.75, 3.05) is 40.1 Å². The third kappa shape index (κ3) is 3.78. The fourth-order valence-electron chi connectivity index (χ4n) is 3.40. The predicted molar refractivity (Wildman–Crippen MR) is 118 cm³/mol. The zero-order valence-corrected chi connectivity index (χ0v) is 17.9. The van der Waals surface area contributed by atoms with E-state index in [0.717, 1.165) is 44.0 Å². The van der Waals surface area contributed by atoms with E-state index in [1.165, 1.54) is 11.9 Å². The third-order valence-electron chi connectivity index (χ3n) is 4.80. The molecule has 8 heteroatoms. The molecule has 0 amide bonds. The molecule has 2 N–H and O–H groups in total. The van der Waals surface area contributed by atoms with E-state index < -0.39 is 0 Å². The van der Waals surface area contributed by atoms with Crippen molar-refractivity contribution in [3.63, 3.8) is 0 Å². The molecule has 0 saturated carbocycles. The molecular weight excluding hydrogens is 386 g/mol. The Kier molecular flexibility index (Phi) is 5.40. The van der Waals surface area contributed by atoms with E-state index in [2.05, 4.69) is 46.2 Å². The monoisotopic (exact) mass is 411 g/mol. The van der Waals surface area contributed by atoms with Gasteiger partial charge in [0, 0.05) is 17.0 Å². The Morgan fingerprint density at radius 3 is 2.79 bits per heavy atom. The first-order valence-electron chi connectivity index (χ1n) is 9.40. The summed E-state index contributed by atoms with van der Waals surface area (Å²) in [6.45, 7) is 4.04. The van der Waals surface area contributed by atoms with Crippen LogP contribution in [0.3, 0.4) is 0 Å². The number of aromatic nitrogens is 3. The Bertz CT molecular complexity index is 1170. The van der Waals surface area contributed by atoms with Gasteiger partial charge in [-0.15, -0.1) is 11.3 Å². The normalized spacial score (nSPS) is 11.8. The van der Waals surface area contributed by atoms with E-state index >= 15 is 0 Å². The molecule has 0 fully saturated rings. The highest BCUT2D eigenvalue weighted by molar-refractivity contribution is 7.22. The van der Waals surface area contributed by atoms with Crippen molar-refractivity contribution in [1.82, 2.24) is 19.5 Å². The number of nitrogen functional groups attached to an aromatic ring is 1. The quantitative estimate of drug-likeness (QED) is 0.468. The van der Waals surface area contributed by atoms with Crippen molar-refractivity contribution in [3.05, 3.63) is 41.9 Å². The zero-order chi connectivity index (χ0) is 20.5. The molecule has 4 rings (SSSR count). The van der Waals surface area contributed by atoms with Gasteiger partial charge in [0.25, 0.3) is 0 Å². The lowest BCUT2D eigenvalue weighted by molar-refractivity contribution is 0.102. The average Bonchev–Trinajstić information content (AvgIpc) is 3.26. The number of benzene rings is 1. The van der Waals surface area contributed by atoms with Crippen molar-refractivity contribution in [2.24, 2.45) is 0 Å². The minimum atomic E-state index is 0.454. The number of rotatable bonds is 7. The van der Waals surface area contributed by atoms with E-state index in [1.807, 2.05) is 18.6 Å². The van der Waals surface area contributed by atoms with Gasteiger partial charge in [-0.2, -0.15) is 5.10 Å². The number of aryl methyl sites for hydroxylation is 1. The number of anilines is 1. The van der Waals surface area contributed by atoms with Crippen LogP contribution in [0.4, 0.5) is 5.82 Å². The van der Waals surface area contributed by atoms with E-state index in [4.69, 9.17) is 15.2 Å². The second-order valence-electron chi connectivity index (χ2n) is 7.31. The van der Waals surface area contributed by atoms with E-state index in [0.29, 0.717) is 19.0 Å². The molecular formula is C21H25N5O2S. The Labute approximate surface area is 173 Å². The van der Waals surface area contributed by atoms with Crippen molar-refractivity contribution >= 4 is 32.8 Å². The summed E-state index contributed by atoms with van der Waals surface area (Å²) in [5.41, 5.74) is 10.2. The minimum absolute atomic E-state index is 0.454. The second kappa shape index (κ2) is 7.98. The summed E-state index contributed by atoms with van der Waals surface area (Å²) < 4.78 is 14.4. The maximum absolute atomic E-state index is 6.24. The highest BCUT2D eigenvalue weighted by Gasteiger charge is 2.18. The van der Waals surface area contributed by atoms with Gasteiger partial charge >= 0.3 is 0 Å². The fraction of sp³-hybridized carbons (Fsp3) is 0.333. The number of hydrogen-bond donors (Lipinski definition) is 1. The summed E-state index contributed by atoms with van der Waals surface area (Å²) in [7, 11) is 5.76. The third-order valence-corrected chi connectivity index (χ3v) is 6.00. The van der Waals surface area contributed by atoms with Crippen LogP contribution in [0.25, 0.3) is 26.0 Å². The maximum atomic E-state index is 6.24. The summed E-state index contributed by atoms with van der Waals surface area (Å²) in [6, 6.07) is 8.50. The fourth-order valence-corrected chi connectivity index (χ4v) is 4.55. The molecule has 29 heavy (non-hydrogen) atoms. The van der Waals surface area contributed by atoms with Crippen molar-refractivity contribution < 1.29 is 9.47 Å². The number of thiophene rings is 1. The molecule has 0 spiro atoms. The lowest BCUT2D eigenvalue weighted by atomic mass is 10.1. The first kappa shape index (κ1) is 19.6. The van der Waals surface area contributed by atoms with Crippen LogP contribution in [-0.4, -0.2) is 53.9 Å². The molecule has 0 bridgehead atoms. The van der Waals surface area contributed by atoms with Crippen LogP contribution in [0.15, 0.2) is 30.6 Å². The van der Waals surface area contributed by atoms with Crippen LogP contribution < -0.4 is 10.5 Å². The van der Waals surface area contributed by atoms with Gasteiger partial charge in [0.05, 0.1) is 30.7 Å². The van der Waals surface area contributed by atoms with Crippen LogP contribution >= 0.6 is 11.3 Å². The van der Waals surface area contributed by atoms with Gasteiger partial charge in [-0.25, -0.2) is 9.50 Å². The number of hydrogen-bond acceptors (Lipinski definition) is 7. The van der Waals surface area contributed by atoms with Crippen LogP contribution in [0.5, 0.6) is 5.75 Å². The van der Waals surface area contributed by atoms with E-state index in [9.17, 15) is 0 Å².